The quantitative estimate of drug-likeness (QED) is 0.327. The van der Waals surface area contributed by atoms with Gasteiger partial charge < -0.3 is 9.64 Å². The Labute approximate surface area is 228 Å². The van der Waals surface area contributed by atoms with Gasteiger partial charge in [-0.3, -0.25) is 4.79 Å². The lowest BCUT2D eigenvalue weighted by Gasteiger charge is -2.42. The first-order valence-electron chi connectivity index (χ1n) is 12.1. The summed E-state index contributed by atoms with van der Waals surface area (Å²) >= 11 is 12.4. The topological polar surface area (TPSA) is 66.9 Å². The molecule has 0 radical (unpaired) electrons. The minimum absolute atomic E-state index is 0.0334. The van der Waals surface area contributed by atoms with E-state index in [1.54, 1.807) is 18.0 Å². The summed E-state index contributed by atoms with van der Waals surface area (Å²) < 4.78 is 34.8. The van der Waals surface area contributed by atoms with Crippen molar-refractivity contribution in [1.29, 1.82) is 0 Å². The number of para-hydroxylation sites is 1. The monoisotopic (exact) mass is 560 g/mol. The number of nitrogens with zero attached hydrogens (tertiary/aromatic N) is 2. The highest BCUT2D eigenvalue weighted by Crippen LogP contribution is 2.38. The van der Waals surface area contributed by atoms with Gasteiger partial charge in [-0.2, -0.15) is 4.31 Å². The highest BCUT2D eigenvalue weighted by molar-refractivity contribution is 7.89. The van der Waals surface area contributed by atoms with Crippen LogP contribution in [0.4, 0.5) is 0 Å². The minimum atomic E-state index is -3.94. The van der Waals surface area contributed by atoms with E-state index in [2.05, 4.69) is 0 Å². The fraction of sp³-hybridized carbons (Fsp3) is 0.321. The molecule has 0 aromatic heterocycles. The van der Waals surface area contributed by atoms with Crippen molar-refractivity contribution in [2.24, 2.45) is 5.41 Å². The Morgan fingerprint density at radius 1 is 1.03 bits per heavy atom. The van der Waals surface area contributed by atoms with Crippen LogP contribution in [0.15, 0.2) is 83.8 Å². The summed E-state index contributed by atoms with van der Waals surface area (Å²) in [7, 11) is -2.17. The second-order valence-electron chi connectivity index (χ2n) is 9.53. The van der Waals surface area contributed by atoms with Crippen LogP contribution in [-0.2, 0) is 21.4 Å². The van der Waals surface area contributed by atoms with Crippen molar-refractivity contribution in [3.05, 3.63) is 94.5 Å². The van der Waals surface area contributed by atoms with Gasteiger partial charge in [0.25, 0.3) is 0 Å². The molecule has 0 unspecified atom stereocenters. The van der Waals surface area contributed by atoms with E-state index in [1.807, 2.05) is 60.7 Å². The maximum atomic E-state index is 13.6. The Hall–Kier alpha value is -2.58. The van der Waals surface area contributed by atoms with E-state index in [4.69, 9.17) is 27.9 Å². The molecule has 4 rings (SSSR count). The molecule has 1 aliphatic heterocycles. The summed E-state index contributed by atoms with van der Waals surface area (Å²) in [5, 5.41) is 0.399. The Bertz CT molecular complexity index is 1320. The van der Waals surface area contributed by atoms with Crippen molar-refractivity contribution in [3.63, 3.8) is 0 Å². The van der Waals surface area contributed by atoms with Gasteiger partial charge in [-0.25, -0.2) is 8.42 Å². The fourth-order valence-electron chi connectivity index (χ4n) is 4.65. The molecule has 196 valence electrons. The standard InChI is InChI=1S/C28H30Cl2N2O4S/c1-31(19-22-9-4-2-5-10-22)27(33)18-28(21-36-24-11-6-3-7-12-24)15-8-16-32(20-28)37(34,35)26-17-23(29)13-14-25(26)30/h2-7,9-14,17H,8,15-16,18-21H2,1H3/t28-/m1/s1. The minimum Gasteiger partial charge on any atom is -0.493 e. The van der Waals surface area contributed by atoms with E-state index < -0.39 is 15.4 Å². The van der Waals surface area contributed by atoms with Gasteiger partial charge in [0.05, 0.1) is 11.6 Å². The van der Waals surface area contributed by atoms with E-state index in [1.165, 1.54) is 16.4 Å². The zero-order valence-corrected chi connectivity index (χ0v) is 23.0. The molecule has 6 nitrogen and oxygen atoms in total. The summed E-state index contributed by atoms with van der Waals surface area (Å²) in [6.07, 6.45) is 1.39. The van der Waals surface area contributed by atoms with Gasteiger partial charge in [0.15, 0.2) is 0 Å². The van der Waals surface area contributed by atoms with Crippen molar-refractivity contribution in [1.82, 2.24) is 9.21 Å². The number of carbonyl (C=O) groups excluding carboxylic acids is 1. The van der Waals surface area contributed by atoms with Crippen LogP contribution in [0.3, 0.4) is 0 Å². The molecule has 0 spiro atoms. The summed E-state index contributed by atoms with van der Waals surface area (Å²) in [6, 6.07) is 23.5. The fourth-order valence-corrected chi connectivity index (χ4v) is 6.98. The normalized spacial score (nSPS) is 18.4. The molecular formula is C28H30Cl2N2O4S. The van der Waals surface area contributed by atoms with Crippen LogP contribution < -0.4 is 4.74 Å². The van der Waals surface area contributed by atoms with Gasteiger partial charge in [0.1, 0.15) is 10.6 Å². The third-order valence-electron chi connectivity index (χ3n) is 6.64. The van der Waals surface area contributed by atoms with E-state index in [-0.39, 0.29) is 40.4 Å². The van der Waals surface area contributed by atoms with Gasteiger partial charge in [0.2, 0.25) is 15.9 Å². The smallest absolute Gasteiger partial charge is 0.244 e. The predicted molar refractivity (Wildman–Crippen MR) is 146 cm³/mol. The lowest BCUT2D eigenvalue weighted by Crippen LogP contribution is -2.50. The van der Waals surface area contributed by atoms with Crippen LogP contribution in [-0.4, -0.2) is 50.3 Å². The number of carbonyl (C=O) groups is 1. The molecular weight excluding hydrogens is 531 g/mol. The first kappa shape index (κ1) is 27.5. The molecule has 3 aromatic carbocycles. The Balaban J connectivity index is 1.59. The van der Waals surface area contributed by atoms with Crippen molar-refractivity contribution in [3.8, 4) is 5.75 Å². The molecule has 1 aliphatic rings. The van der Waals surface area contributed by atoms with E-state index in [0.29, 0.717) is 31.7 Å². The zero-order valence-electron chi connectivity index (χ0n) is 20.6. The van der Waals surface area contributed by atoms with Crippen LogP contribution in [0, 0.1) is 5.41 Å². The third kappa shape index (κ3) is 6.85. The number of hydrogen-bond donors (Lipinski definition) is 0. The first-order chi connectivity index (χ1) is 17.7. The number of hydrogen-bond acceptors (Lipinski definition) is 4. The molecule has 37 heavy (non-hydrogen) atoms. The number of sulfonamides is 1. The second-order valence-corrected chi connectivity index (χ2v) is 12.3. The molecule has 9 heteroatoms. The maximum absolute atomic E-state index is 13.6. The first-order valence-corrected chi connectivity index (χ1v) is 14.3. The number of ether oxygens (including phenoxy) is 1. The molecule has 0 saturated carbocycles. The molecule has 0 N–H and O–H groups in total. The van der Waals surface area contributed by atoms with Gasteiger partial charge in [-0.05, 0) is 48.7 Å². The summed E-state index contributed by atoms with van der Waals surface area (Å²) in [5.41, 5.74) is 0.310. The van der Waals surface area contributed by atoms with Gasteiger partial charge in [-0.1, -0.05) is 71.7 Å². The Morgan fingerprint density at radius 2 is 1.70 bits per heavy atom. The summed E-state index contributed by atoms with van der Waals surface area (Å²) in [4.78, 5) is 15.1. The number of amides is 1. The molecule has 1 heterocycles. The van der Waals surface area contributed by atoms with Gasteiger partial charge in [-0.15, -0.1) is 0 Å². The maximum Gasteiger partial charge on any atom is 0.244 e. The molecule has 1 saturated heterocycles. The van der Waals surface area contributed by atoms with Crippen LogP contribution in [0.2, 0.25) is 10.0 Å². The average Bonchev–Trinajstić information content (AvgIpc) is 2.90. The van der Waals surface area contributed by atoms with Crippen molar-refractivity contribution in [2.75, 3.05) is 26.7 Å². The number of piperidine rings is 1. The molecule has 0 aliphatic carbocycles. The third-order valence-corrected chi connectivity index (χ3v) is 9.20. The van der Waals surface area contributed by atoms with Crippen molar-refractivity contribution < 1.29 is 17.9 Å². The van der Waals surface area contributed by atoms with Crippen LogP contribution in [0.5, 0.6) is 5.75 Å². The van der Waals surface area contributed by atoms with Crippen LogP contribution in [0.25, 0.3) is 0 Å². The second kappa shape index (κ2) is 11.9. The highest BCUT2D eigenvalue weighted by atomic mass is 35.5. The van der Waals surface area contributed by atoms with Crippen molar-refractivity contribution >= 4 is 39.1 Å². The zero-order chi connectivity index (χ0) is 26.5. The average molecular weight is 562 g/mol. The molecule has 1 atom stereocenters. The lowest BCUT2D eigenvalue weighted by molar-refractivity contribution is -0.134. The van der Waals surface area contributed by atoms with Crippen LogP contribution in [0.1, 0.15) is 24.8 Å². The Morgan fingerprint density at radius 3 is 2.41 bits per heavy atom. The van der Waals surface area contributed by atoms with E-state index in [9.17, 15) is 13.2 Å². The number of rotatable bonds is 9. The Kier molecular flexibility index (Phi) is 8.80. The molecule has 3 aromatic rings. The summed E-state index contributed by atoms with van der Waals surface area (Å²) in [5.74, 6) is 0.602. The van der Waals surface area contributed by atoms with E-state index in [0.717, 1.165) is 5.56 Å². The predicted octanol–water partition coefficient (Wildman–Crippen LogP) is 5.89. The molecule has 0 bridgehead atoms. The van der Waals surface area contributed by atoms with E-state index >= 15 is 0 Å². The SMILES string of the molecule is CN(Cc1ccccc1)C(=O)C[C@]1(COc2ccccc2)CCCN(S(=O)(=O)c2cc(Cl)ccc2Cl)C1. The molecule has 1 amide bonds. The number of benzene rings is 3. The van der Waals surface area contributed by atoms with Gasteiger partial charge in [0, 0.05) is 43.5 Å². The molecule has 1 fully saturated rings. The number of halogens is 2. The van der Waals surface area contributed by atoms with Gasteiger partial charge >= 0.3 is 0 Å². The van der Waals surface area contributed by atoms with Crippen molar-refractivity contribution in [2.45, 2.75) is 30.7 Å². The largest absolute Gasteiger partial charge is 0.493 e. The highest BCUT2D eigenvalue weighted by Gasteiger charge is 2.43. The lowest BCUT2D eigenvalue weighted by atomic mass is 9.78. The summed E-state index contributed by atoms with van der Waals surface area (Å²) in [6.45, 7) is 1.13. The van der Waals surface area contributed by atoms with Crippen LogP contribution >= 0.6 is 23.2 Å².